The summed E-state index contributed by atoms with van der Waals surface area (Å²) in [6, 6.07) is 13.7. The Hall–Kier alpha value is -1.68. The highest BCUT2D eigenvalue weighted by atomic mass is 35.5. The van der Waals surface area contributed by atoms with E-state index in [1.807, 2.05) is 0 Å². The van der Waals surface area contributed by atoms with Gasteiger partial charge >= 0.3 is 0 Å². The van der Waals surface area contributed by atoms with Crippen molar-refractivity contribution >= 4 is 77.8 Å². The van der Waals surface area contributed by atoms with E-state index in [0.29, 0.717) is 0 Å². The van der Waals surface area contributed by atoms with Crippen LogP contribution >= 0.6 is 46.4 Å². The van der Waals surface area contributed by atoms with Gasteiger partial charge in [-0.25, -0.2) is 16.8 Å². The van der Waals surface area contributed by atoms with Gasteiger partial charge in [0.1, 0.15) is 9.79 Å². The van der Waals surface area contributed by atoms with E-state index in [0.717, 1.165) is 0 Å². The average molecular weight is 526 g/mol. The van der Waals surface area contributed by atoms with Crippen LogP contribution in [0.15, 0.2) is 70.5 Å². The van der Waals surface area contributed by atoms with Crippen molar-refractivity contribution in [3.63, 3.8) is 0 Å². The van der Waals surface area contributed by atoms with Gasteiger partial charge in [-0.15, -0.1) is 0 Å². The van der Waals surface area contributed by atoms with E-state index in [4.69, 9.17) is 46.4 Å². The fourth-order valence-corrected chi connectivity index (χ4v) is 6.06. The van der Waals surface area contributed by atoms with Crippen LogP contribution in [0.3, 0.4) is 0 Å². The number of halogens is 4. The number of nitrogens with one attached hydrogen (secondary N) is 2. The van der Waals surface area contributed by atoms with E-state index >= 15 is 0 Å². The minimum Gasteiger partial charge on any atom is -0.280 e. The Morgan fingerprint density at radius 3 is 1.37 bits per heavy atom. The van der Waals surface area contributed by atoms with Crippen molar-refractivity contribution in [2.45, 2.75) is 9.79 Å². The molecule has 0 spiro atoms. The summed E-state index contributed by atoms with van der Waals surface area (Å²) in [5, 5.41) is 0.359. The molecule has 158 valence electrons. The first kappa shape index (κ1) is 23.0. The molecule has 0 aromatic heterocycles. The maximum atomic E-state index is 12.6. The molecule has 3 aromatic rings. The summed E-state index contributed by atoms with van der Waals surface area (Å²) in [5.41, 5.74) is 0.201. The first-order chi connectivity index (χ1) is 14.0. The molecule has 0 heterocycles. The van der Waals surface area contributed by atoms with Crippen LogP contribution in [0.1, 0.15) is 0 Å². The van der Waals surface area contributed by atoms with Crippen molar-refractivity contribution < 1.29 is 16.8 Å². The predicted molar refractivity (Wildman–Crippen MR) is 121 cm³/mol. The van der Waals surface area contributed by atoms with Crippen LogP contribution < -0.4 is 9.44 Å². The number of rotatable bonds is 6. The molecule has 0 aliphatic heterocycles. The van der Waals surface area contributed by atoms with Crippen LogP contribution in [0.5, 0.6) is 0 Å². The van der Waals surface area contributed by atoms with Crippen LogP contribution in [0.25, 0.3) is 0 Å². The number of hydrogen-bond acceptors (Lipinski definition) is 4. The molecule has 0 amide bonds. The largest absolute Gasteiger partial charge is 0.280 e. The number of benzene rings is 3. The second kappa shape index (κ2) is 8.82. The highest BCUT2D eigenvalue weighted by Crippen LogP contribution is 2.29. The number of sulfonamides is 2. The molecule has 12 heteroatoms. The monoisotopic (exact) mass is 524 g/mol. The maximum Gasteiger partial charge on any atom is 0.263 e. The van der Waals surface area contributed by atoms with Gasteiger partial charge in [0.15, 0.2) is 0 Å². The molecule has 3 aromatic carbocycles. The highest BCUT2D eigenvalue weighted by Gasteiger charge is 2.21. The van der Waals surface area contributed by atoms with E-state index in [1.54, 1.807) is 0 Å². The molecule has 3 rings (SSSR count). The molecule has 0 aliphatic carbocycles. The first-order valence-electron chi connectivity index (χ1n) is 8.04. The third-order valence-electron chi connectivity index (χ3n) is 3.73. The number of hydrogen-bond donors (Lipinski definition) is 2. The SMILES string of the molecule is O=S(=O)(Nc1cccc(NS(=O)(=O)c2cc(Cl)ccc2Cl)c1)c1cc(Cl)ccc1Cl. The van der Waals surface area contributed by atoms with Gasteiger partial charge < -0.3 is 0 Å². The van der Waals surface area contributed by atoms with Crippen molar-refractivity contribution in [2.75, 3.05) is 9.44 Å². The van der Waals surface area contributed by atoms with Crippen molar-refractivity contribution in [1.29, 1.82) is 0 Å². The Labute approximate surface area is 193 Å². The summed E-state index contributed by atoms with van der Waals surface area (Å²) in [4.78, 5) is -0.429. The summed E-state index contributed by atoms with van der Waals surface area (Å²) in [7, 11) is -8.15. The standard InChI is InChI=1S/C18H12Cl4N2O4S2/c19-11-4-6-15(21)17(8-11)29(25,26)23-13-2-1-3-14(10-13)24-30(27,28)18-9-12(20)5-7-16(18)22/h1-10,23-24H. The van der Waals surface area contributed by atoms with Crippen molar-refractivity contribution in [3.8, 4) is 0 Å². The molecule has 0 saturated carbocycles. The molecule has 30 heavy (non-hydrogen) atoms. The second-order valence-electron chi connectivity index (χ2n) is 5.94. The lowest BCUT2D eigenvalue weighted by molar-refractivity contribution is 0.599. The van der Waals surface area contributed by atoms with E-state index in [-0.39, 0.29) is 41.3 Å². The number of anilines is 2. The molecule has 0 aliphatic rings. The minimum atomic E-state index is -4.07. The van der Waals surface area contributed by atoms with Gasteiger partial charge in [0.2, 0.25) is 0 Å². The van der Waals surface area contributed by atoms with Crippen LogP contribution in [-0.2, 0) is 20.0 Å². The van der Waals surface area contributed by atoms with E-state index in [2.05, 4.69) is 9.44 Å². The Bertz CT molecular complexity index is 1230. The molecule has 0 radical (unpaired) electrons. The third-order valence-corrected chi connectivity index (χ3v) is 7.93. The summed E-state index contributed by atoms with van der Waals surface area (Å²) in [6.45, 7) is 0. The average Bonchev–Trinajstić information content (AvgIpc) is 2.65. The van der Waals surface area contributed by atoms with Crippen molar-refractivity contribution in [3.05, 3.63) is 80.8 Å². The molecule has 0 saturated heterocycles. The molecule has 6 nitrogen and oxygen atoms in total. The van der Waals surface area contributed by atoms with Gasteiger partial charge in [-0.05, 0) is 54.6 Å². The fraction of sp³-hybridized carbons (Fsp3) is 0. The Kier molecular flexibility index (Phi) is 6.76. The lowest BCUT2D eigenvalue weighted by Gasteiger charge is -2.13. The van der Waals surface area contributed by atoms with E-state index in [9.17, 15) is 16.8 Å². The maximum absolute atomic E-state index is 12.6. The van der Waals surface area contributed by atoms with Crippen LogP contribution in [0.4, 0.5) is 11.4 Å². The summed E-state index contributed by atoms with van der Waals surface area (Å²) >= 11 is 23.7. The van der Waals surface area contributed by atoms with Crippen LogP contribution in [-0.4, -0.2) is 16.8 Å². The molecule has 0 unspecified atom stereocenters. The van der Waals surface area contributed by atoms with E-state index < -0.39 is 20.0 Å². The smallest absolute Gasteiger partial charge is 0.263 e. The molecule has 0 fully saturated rings. The van der Waals surface area contributed by atoms with Gasteiger partial charge in [-0.3, -0.25) is 9.44 Å². The van der Waals surface area contributed by atoms with Gasteiger partial charge in [-0.1, -0.05) is 52.5 Å². The topological polar surface area (TPSA) is 92.3 Å². The molecular weight excluding hydrogens is 514 g/mol. The summed E-state index contributed by atoms with van der Waals surface area (Å²) < 4.78 is 55.3. The zero-order valence-electron chi connectivity index (χ0n) is 14.7. The fourth-order valence-electron chi connectivity index (χ4n) is 2.43. The summed E-state index contributed by atoms with van der Waals surface area (Å²) in [6.07, 6.45) is 0. The highest BCUT2D eigenvalue weighted by molar-refractivity contribution is 7.93. The van der Waals surface area contributed by atoms with E-state index in [1.165, 1.54) is 60.7 Å². The summed E-state index contributed by atoms with van der Waals surface area (Å²) in [5.74, 6) is 0. The van der Waals surface area contributed by atoms with Gasteiger partial charge in [-0.2, -0.15) is 0 Å². The Morgan fingerprint density at radius 1 is 0.567 bits per heavy atom. The van der Waals surface area contributed by atoms with Crippen molar-refractivity contribution in [2.24, 2.45) is 0 Å². The lowest BCUT2D eigenvalue weighted by atomic mass is 10.3. The van der Waals surface area contributed by atoms with Crippen molar-refractivity contribution in [1.82, 2.24) is 0 Å². The predicted octanol–water partition coefficient (Wildman–Crippen LogP) is 5.90. The lowest BCUT2D eigenvalue weighted by Crippen LogP contribution is -2.15. The molecule has 2 N–H and O–H groups in total. The Balaban J connectivity index is 1.90. The van der Waals surface area contributed by atoms with Gasteiger partial charge in [0.25, 0.3) is 20.0 Å². The minimum absolute atomic E-state index is 0.0145. The zero-order valence-corrected chi connectivity index (χ0v) is 19.4. The second-order valence-corrected chi connectivity index (χ2v) is 10.9. The quantitative estimate of drug-likeness (QED) is 0.419. The normalized spacial score (nSPS) is 11.9. The van der Waals surface area contributed by atoms with Gasteiger partial charge in [0, 0.05) is 10.0 Å². The molecule has 0 atom stereocenters. The Morgan fingerprint density at radius 2 is 0.967 bits per heavy atom. The molecular formula is C18H12Cl4N2O4S2. The van der Waals surface area contributed by atoms with Crippen LogP contribution in [0, 0.1) is 0 Å². The molecule has 0 bridgehead atoms. The zero-order chi connectivity index (χ0) is 22.1. The third kappa shape index (κ3) is 5.32. The first-order valence-corrected chi connectivity index (χ1v) is 12.5. The van der Waals surface area contributed by atoms with Gasteiger partial charge in [0.05, 0.1) is 21.4 Å². The van der Waals surface area contributed by atoms with Crippen LogP contribution in [0.2, 0.25) is 20.1 Å².